The Bertz CT molecular complexity index is 563. The van der Waals surface area contributed by atoms with Crippen LogP contribution in [0.1, 0.15) is 25.7 Å². The molecule has 1 aliphatic rings. The van der Waals surface area contributed by atoms with Crippen molar-refractivity contribution in [2.24, 2.45) is 0 Å². The molecule has 0 amide bonds. The SMILES string of the molecule is O=S(=O)(c1ccc(N2CCCC2CCCBr)cc1)C(F)F. The van der Waals surface area contributed by atoms with E-state index >= 15 is 0 Å². The van der Waals surface area contributed by atoms with Gasteiger partial charge in [0.25, 0.3) is 0 Å². The zero-order valence-corrected chi connectivity index (χ0v) is 13.9. The number of hydrogen-bond donors (Lipinski definition) is 0. The molecule has 0 N–H and O–H groups in total. The zero-order valence-electron chi connectivity index (χ0n) is 11.5. The molecule has 1 fully saturated rings. The number of hydrogen-bond acceptors (Lipinski definition) is 3. The molecule has 1 saturated heterocycles. The number of halogens is 3. The molecule has 3 nitrogen and oxygen atoms in total. The summed E-state index contributed by atoms with van der Waals surface area (Å²) in [4.78, 5) is 1.92. The summed E-state index contributed by atoms with van der Waals surface area (Å²) in [5.74, 6) is -3.37. The number of anilines is 1. The predicted octanol–water partition coefficient (Wildman–Crippen LogP) is 3.83. The molecule has 0 radical (unpaired) electrons. The van der Waals surface area contributed by atoms with E-state index < -0.39 is 15.6 Å². The minimum atomic E-state index is -4.50. The number of benzene rings is 1. The van der Waals surface area contributed by atoms with Gasteiger partial charge in [0.1, 0.15) is 0 Å². The van der Waals surface area contributed by atoms with Gasteiger partial charge in [0, 0.05) is 23.6 Å². The normalized spacial score (nSPS) is 19.4. The Morgan fingerprint density at radius 3 is 2.52 bits per heavy atom. The summed E-state index contributed by atoms with van der Waals surface area (Å²) >= 11 is 3.42. The van der Waals surface area contributed by atoms with E-state index in [-0.39, 0.29) is 4.90 Å². The van der Waals surface area contributed by atoms with Crippen molar-refractivity contribution in [2.75, 3.05) is 16.8 Å². The van der Waals surface area contributed by atoms with Gasteiger partial charge in [0.05, 0.1) is 4.90 Å². The fourth-order valence-corrected chi connectivity index (χ4v) is 3.76. The van der Waals surface area contributed by atoms with Crippen molar-refractivity contribution in [3.8, 4) is 0 Å². The molecule has 7 heteroatoms. The van der Waals surface area contributed by atoms with E-state index in [0.717, 1.165) is 43.2 Å². The van der Waals surface area contributed by atoms with E-state index in [9.17, 15) is 17.2 Å². The Balaban J connectivity index is 2.15. The first kappa shape index (κ1) is 16.7. The first-order valence-electron chi connectivity index (χ1n) is 6.91. The molecule has 0 aliphatic carbocycles. The lowest BCUT2D eigenvalue weighted by atomic mass is 10.1. The van der Waals surface area contributed by atoms with Crippen molar-refractivity contribution in [2.45, 2.75) is 42.4 Å². The molecule has 1 unspecified atom stereocenters. The number of nitrogens with zero attached hydrogens (tertiary/aromatic N) is 1. The number of sulfone groups is 1. The quantitative estimate of drug-likeness (QED) is 0.702. The highest BCUT2D eigenvalue weighted by molar-refractivity contribution is 9.09. The maximum atomic E-state index is 12.5. The van der Waals surface area contributed by atoms with Crippen LogP contribution in [0.25, 0.3) is 0 Å². The van der Waals surface area contributed by atoms with Gasteiger partial charge >= 0.3 is 5.76 Å². The van der Waals surface area contributed by atoms with Crippen LogP contribution in [0.2, 0.25) is 0 Å². The van der Waals surface area contributed by atoms with Crippen LogP contribution >= 0.6 is 15.9 Å². The van der Waals surface area contributed by atoms with Gasteiger partial charge in [-0.05, 0) is 49.9 Å². The minimum absolute atomic E-state index is 0.322. The molecule has 0 bridgehead atoms. The van der Waals surface area contributed by atoms with E-state index in [0.29, 0.717) is 6.04 Å². The summed E-state index contributed by atoms with van der Waals surface area (Å²) in [5, 5.41) is 0.961. The largest absolute Gasteiger partial charge is 0.369 e. The molecule has 0 aromatic heterocycles. The van der Waals surface area contributed by atoms with Gasteiger partial charge in [-0.2, -0.15) is 8.78 Å². The van der Waals surface area contributed by atoms with E-state index in [1.807, 2.05) is 0 Å². The van der Waals surface area contributed by atoms with Crippen LogP contribution in [-0.2, 0) is 9.84 Å². The Morgan fingerprint density at radius 1 is 1.29 bits per heavy atom. The zero-order chi connectivity index (χ0) is 15.5. The fourth-order valence-electron chi connectivity index (χ4n) is 2.72. The third kappa shape index (κ3) is 3.74. The van der Waals surface area contributed by atoms with Gasteiger partial charge in [-0.1, -0.05) is 15.9 Å². The van der Waals surface area contributed by atoms with Crippen LogP contribution in [0, 0.1) is 0 Å². The summed E-state index contributed by atoms with van der Waals surface area (Å²) in [5.41, 5.74) is 0.903. The van der Waals surface area contributed by atoms with Crippen LogP contribution in [-0.4, -0.2) is 32.1 Å². The van der Waals surface area contributed by atoms with Gasteiger partial charge in [0.15, 0.2) is 0 Å². The molecule has 118 valence electrons. The van der Waals surface area contributed by atoms with Crippen molar-refractivity contribution in [1.29, 1.82) is 0 Å². The molecule has 1 aromatic rings. The van der Waals surface area contributed by atoms with Crippen LogP contribution < -0.4 is 4.90 Å². The average Bonchev–Trinajstić information content (AvgIpc) is 2.93. The van der Waals surface area contributed by atoms with Crippen molar-refractivity contribution < 1.29 is 17.2 Å². The summed E-state index contributed by atoms with van der Waals surface area (Å²) in [7, 11) is -4.50. The standard InChI is InChI=1S/C14H18BrF2NO2S/c15-9-1-3-11-4-2-10-18(11)12-5-7-13(8-6-12)21(19,20)14(16)17/h5-8,11,14H,1-4,9-10H2. The van der Waals surface area contributed by atoms with Gasteiger partial charge in [-0.15, -0.1) is 0 Å². The lowest BCUT2D eigenvalue weighted by molar-refractivity contribution is 0.234. The summed E-state index contributed by atoms with van der Waals surface area (Å²) in [6.07, 6.45) is 4.37. The predicted molar refractivity (Wildman–Crippen MR) is 83.0 cm³/mol. The lowest BCUT2D eigenvalue weighted by Crippen LogP contribution is -2.29. The van der Waals surface area contributed by atoms with Gasteiger partial charge in [-0.3, -0.25) is 0 Å². The molecule has 2 rings (SSSR count). The first-order valence-corrected chi connectivity index (χ1v) is 9.58. The van der Waals surface area contributed by atoms with Crippen LogP contribution in [0.5, 0.6) is 0 Å². The summed E-state index contributed by atoms with van der Waals surface area (Å²) < 4.78 is 47.8. The lowest BCUT2D eigenvalue weighted by Gasteiger charge is -2.27. The van der Waals surface area contributed by atoms with E-state index in [1.54, 1.807) is 12.1 Å². The Labute approximate surface area is 132 Å². The van der Waals surface area contributed by atoms with E-state index in [2.05, 4.69) is 20.8 Å². The molecule has 1 aliphatic heterocycles. The van der Waals surface area contributed by atoms with Crippen molar-refractivity contribution >= 4 is 31.5 Å². The van der Waals surface area contributed by atoms with E-state index in [1.165, 1.54) is 12.1 Å². The second-order valence-electron chi connectivity index (χ2n) is 5.12. The molecule has 1 heterocycles. The van der Waals surface area contributed by atoms with E-state index in [4.69, 9.17) is 0 Å². The van der Waals surface area contributed by atoms with Crippen molar-refractivity contribution in [3.63, 3.8) is 0 Å². The highest BCUT2D eigenvalue weighted by atomic mass is 79.9. The molecule has 1 aromatic carbocycles. The molecule has 0 spiro atoms. The molecular formula is C14H18BrF2NO2S. The molecule has 21 heavy (non-hydrogen) atoms. The van der Waals surface area contributed by atoms with Gasteiger partial charge < -0.3 is 4.90 Å². The second kappa shape index (κ2) is 7.05. The minimum Gasteiger partial charge on any atom is -0.369 e. The van der Waals surface area contributed by atoms with Gasteiger partial charge in [0.2, 0.25) is 9.84 Å². The molecular weight excluding hydrogens is 364 g/mol. The van der Waals surface area contributed by atoms with Crippen molar-refractivity contribution in [3.05, 3.63) is 24.3 Å². The maximum absolute atomic E-state index is 12.5. The molecule has 0 saturated carbocycles. The second-order valence-corrected chi connectivity index (χ2v) is 7.83. The van der Waals surface area contributed by atoms with Crippen LogP contribution in [0.3, 0.4) is 0 Å². The Kier molecular flexibility index (Phi) is 5.60. The monoisotopic (exact) mass is 381 g/mol. The number of alkyl halides is 3. The smallest absolute Gasteiger partial charge is 0.341 e. The summed E-state index contributed by atoms with van der Waals surface area (Å²) in [6.45, 7) is 0.925. The molecule has 1 atom stereocenters. The number of rotatable bonds is 6. The summed E-state index contributed by atoms with van der Waals surface area (Å²) in [6, 6.07) is 6.25. The third-order valence-electron chi connectivity index (χ3n) is 3.78. The Morgan fingerprint density at radius 2 is 1.95 bits per heavy atom. The van der Waals surface area contributed by atoms with Crippen LogP contribution in [0.15, 0.2) is 29.2 Å². The third-order valence-corrected chi connectivity index (χ3v) is 5.74. The fraction of sp³-hybridized carbons (Fsp3) is 0.571. The highest BCUT2D eigenvalue weighted by Crippen LogP contribution is 2.29. The topological polar surface area (TPSA) is 37.4 Å². The first-order chi connectivity index (χ1) is 9.96. The Hall–Kier alpha value is -0.690. The van der Waals surface area contributed by atoms with Gasteiger partial charge in [-0.25, -0.2) is 8.42 Å². The maximum Gasteiger partial charge on any atom is 0.341 e. The average molecular weight is 382 g/mol. The highest BCUT2D eigenvalue weighted by Gasteiger charge is 2.28. The van der Waals surface area contributed by atoms with Crippen molar-refractivity contribution in [1.82, 2.24) is 0 Å². The van der Waals surface area contributed by atoms with Crippen LogP contribution in [0.4, 0.5) is 14.5 Å².